The third-order valence-electron chi connectivity index (χ3n) is 3.69. The van der Waals surface area contributed by atoms with E-state index in [1.807, 2.05) is 48.5 Å². The Bertz CT molecular complexity index is 640. The maximum atomic E-state index is 11.9. The molecule has 0 spiro atoms. The normalized spacial score (nSPS) is 16.3. The number of benzene rings is 2. The lowest BCUT2D eigenvalue weighted by Crippen LogP contribution is -2.20. The zero-order valence-electron chi connectivity index (χ0n) is 11.7. The van der Waals surface area contributed by atoms with Crippen molar-refractivity contribution in [2.75, 3.05) is 11.9 Å². The molecule has 1 unspecified atom stereocenters. The molecule has 1 atom stereocenters. The molecular weight excluding hydrogens is 264 g/mol. The van der Waals surface area contributed by atoms with Gasteiger partial charge in [-0.1, -0.05) is 30.3 Å². The maximum absolute atomic E-state index is 11.9. The number of nitrogens with two attached hydrogens (primary N) is 1. The van der Waals surface area contributed by atoms with Gasteiger partial charge < -0.3 is 15.8 Å². The second-order valence-electron chi connectivity index (χ2n) is 5.17. The highest BCUT2D eigenvalue weighted by atomic mass is 16.5. The van der Waals surface area contributed by atoms with E-state index in [0.717, 1.165) is 35.4 Å². The highest BCUT2D eigenvalue weighted by molar-refractivity contribution is 5.91. The number of carbonyl (C=O) groups is 1. The summed E-state index contributed by atoms with van der Waals surface area (Å²) < 4.78 is 5.66. The molecule has 3 N–H and O–H groups in total. The van der Waals surface area contributed by atoms with E-state index in [2.05, 4.69) is 5.32 Å². The molecule has 1 amide bonds. The van der Waals surface area contributed by atoms with Crippen LogP contribution in [0, 0.1) is 0 Å². The summed E-state index contributed by atoms with van der Waals surface area (Å²) in [6.45, 7) is 0.000581. The number of nitrogens with one attached hydrogen (secondary N) is 1. The largest absolute Gasteiger partial charge is 0.483 e. The number of anilines is 1. The Hall–Kier alpha value is -2.33. The number of hydrogen-bond donors (Lipinski definition) is 2. The monoisotopic (exact) mass is 282 g/mol. The minimum atomic E-state index is -0.166. The second-order valence-corrected chi connectivity index (χ2v) is 5.17. The van der Waals surface area contributed by atoms with Gasteiger partial charge in [0, 0.05) is 11.7 Å². The van der Waals surface area contributed by atoms with Crippen molar-refractivity contribution < 1.29 is 9.53 Å². The van der Waals surface area contributed by atoms with Crippen LogP contribution >= 0.6 is 0 Å². The fourth-order valence-electron chi connectivity index (χ4n) is 2.65. The van der Waals surface area contributed by atoms with Gasteiger partial charge in [0.1, 0.15) is 5.75 Å². The average molecular weight is 282 g/mol. The van der Waals surface area contributed by atoms with Gasteiger partial charge in [0.05, 0.1) is 0 Å². The number of hydrogen-bond acceptors (Lipinski definition) is 3. The predicted octanol–water partition coefficient (Wildman–Crippen LogP) is 2.65. The van der Waals surface area contributed by atoms with Crippen LogP contribution in [0.15, 0.2) is 48.5 Å². The van der Waals surface area contributed by atoms with Crippen LogP contribution in [-0.2, 0) is 11.2 Å². The van der Waals surface area contributed by atoms with Crippen molar-refractivity contribution in [1.29, 1.82) is 0 Å². The molecule has 0 bridgehead atoms. The van der Waals surface area contributed by atoms with Crippen molar-refractivity contribution in [3.63, 3.8) is 0 Å². The SMILES string of the molecule is NC1CCc2c(OCC(=O)Nc3ccccc3)cccc21. The van der Waals surface area contributed by atoms with E-state index in [-0.39, 0.29) is 18.6 Å². The minimum Gasteiger partial charge on any atom is -0.483 e. The predicted molar refractivity (Wildman–Crippen MR) is 82.3 cm³/mol. The van der Waals surface area contributed by atoms with Crippen LogP contribution in [0.3, 0.4) is 0 Å². The van der Waals surface area contributed by atoms with Gasteiger partial charge in [0.15, 0.2) is 6.61 Å². The molecule has 0 aromatic heterocycles. The van der Waals surface area contributed by atoms with Crippen molar-refractivity contribution in [3.8, 4) is 5.75 Å². The van der Waals surface area contributed by atoms with Gasteiger partial charge >= 0.3 is 0 Å². The Kier molecular flexibility index (Phi) is 3.88. The van der Waals surface area contributed by atoms with E-state index in [1.165, 1.54) is 0 Å². The van der Waals surface area contributed by atoms with E-state index < -0.39 is 0 Å². The highest BCUT2D eigenvalue weighted by Crippen LogP contribution is 2.35. The molecule has 0 fully saturated rings. The lowest BCUT2D eigenvalue weighted by Gasteiger charge is -2.11. The molecule has 1 aliphatic rings. The van der Waals surface area contributed by atoms with E-state index in [1.54, 1.807) is 0 Å². The van der Waals surface area contributed by atoms with Gasteiger partial charge in [-0.2, -0.15) is 0 Å². The highest BCUT2D eigenvalue weighted by Gasteiger charge is 2.22. The first kappa shape index (κ1) is 13.6. The average Bonchev–Trinajstić information content (AvgIpc) is 2.88. The van der Waals surface area contributed by atoms with Crippen molar-refractivity contribution >= 4 is 11.6 Å². The van der Waals surface area contributed by atoms with Gasteiger partial charge in [-0.25, -0.2) is 0 Å². The van der Waals surface area contributed by atoms with E-state index in [4.69, 9.17) is 10.5 Å². The van der Waals surface area contributed by atoms with Crippen LogP contribution in [0.5, 0.6) is 5.75 Å². The summed E-state index contributed by atoms with van der Waals surface area (Å²) in [5.74, 6) is 0.602. The third-order valence-corrected chi connectivity index (χ3v) is 3.69. The van der Waals surface area contributed by atoms with Gasteiger partial charge in [-0.3, -0.25) is 4.79 Å². The number of fused-ring (bicyclic) bond motifs is 1. The molecule has 4 nitrogen and oxygen atoms in total. The Labute approximate surface area is 123 Å². The summed E-state index contributed by atoms with van der Waals surface area (Å²) in [6.07, 6.45) is 1.85. The van der Waals surface area contributed by atoms with Gasteiger partial charge in [-0.15, -0.1) is 0 Å². The van der Waals surface area contributed by atoms with Crippen molar-refractivity contribution in [3.05, 3.63) is 59.7 Å². The topological polar surface area (TPSA) is 64.3 Å². The first-order valence-electron chi connectivity index (χ1n) is 7.09. The van der Waals surface area contributed by atoms with Crippen molar-refractivity contribution in [2.24, 2.45) is 5.73 Å². The van der Waals surface area contributed by atoms with Crippen LogP contribution in [0.2, 0.25) is 0 Å². The molecule has 21 heavy (non-hydrogen) atoms. The Morgan fingerprint density at radius 1 is 1.19 bits per heavy atom. The zero-order valence-corrected chi connectivity index (χ0v) is 11.7. The molecule has 0 radical (unpaired) electrons. The van der Waals surface area contributed by atoms with Crippen LogP contribution in [0.25, 0.3) is 0 Å². The summed E-state index contributed by atoms with van der Waals surface area (Å²) in [5.41, 5.74) is 9.08. The van der Waals surface area contributed by atoms with E-state index >= 15 is 0 Å². The van der Waals surface area contributed by atoms with Gasteiger partial charge in [0.25, 0.3) is 5.91 Å². The Morgan fingerprint density at radius 2 is 2.00 bits per heavy atom. The Balaban J connectivity index is 1.62. The summed E-state index contributed by atoms with van der Waals surface area (Å²) in [6, 6.07) is 15.3. The number of carbonyl (C=O) groups excluding carboxylic acids is 1. The smallest absolute Gasteiger partial charge is 0.262 e. The van der Waals surface area contributed by atoms with E-state index in [9.17, 15) is 4.79 Å². The van der Waals surface area contributed by atoms with Crippen molar-refractivity contribution in [2.45, 2.75) is 18.9 Å². The number of ether oxygens (including phenoxy) is 1. The number of para-hydroxylation sites is 1. The molecule has 0 heterocycles. The fourth-order valence-corrected chi connectivity index (χ4v) is 2.65. The van der Waals surface area contributed by atoms with Crippen LogP contribution in [-0.4, -0.2) is 12.5 Å². The molecule has 2 aromatic carbocycles. The summed E-state index contributed by atoms with van der Waals surface area (Å²) in [7, 11) is 0. The summed E-state index contributed by atoms with van der Waals surface area (Å²) >= 11 is 0. The molecule has 4 heteroatoms. The summed E-state index contributed by atoms with van der Waals surface area (Å²) in [5, 5.41) is 2.80. The minimum absolute atomic E-state index is 0.000581. The molecule has 2 aromatic rings. The molecule has 1 aliphatic carbocycles. The van der Waals surface area contributed by atoms with Gasteiger partial charge in [0.2, 0.25) is 0 Å². The fraction of sp³-hybridized carbons (Fsp3) is 0.235. The number of amides is 1. The standard InChI is InChI=1S/C17H18N2O2/c18-15-10-9-14-13(15)7-4-8-16(14)21-11-17(20)19-12-5-2-1-3-6-12/h1-8,15H,9-11,18H2,(H,19,20). The molecule has 0 saturated carbocycles. The first-order chi connectivity index (χ1) is 10.2. The Morgan fingerprint density at radius 3 is 2.81 bits per heavy atom. The quantitative estimate of drug-likeness (QED) is 0.906. The molecule has 108 valence electrons. The number of rotatable bonds is 4. The van der Waals surface area contributed by atoms with Crippen LogP contribution in [0.4, 0.5) is 5.69 Å². The summed E-state index contributed by atoms with van der Waals surface area (Å²) in [4.78, 5) is 11.9. The van der Waals surface area contributed by atoms with Crippen molar-refractivity contribution in [1.82, 2.24) is 0 Å². The molecule has 3 rings (SSSR count). The third kappa shape index (κ3) is 3.06. The zero-order chi connectivity index (χ0) is 14.7. The maximum Gasteiger partial charge on any atom is 0.262 e. The van der Waals surface area contributed by atoms with Gasteiger partial charge in [-0.05, 0) is 42.2 Å². The second kappa shape index (κ2) is 5.97. The molecular formula is C17H18N2O2. The molecule has 0 aliphatic heterocycles. The van der Waals surface area contributed by atoms with Crippen LogP contribution < -0.4 is 15.8 Å². The first-order valence-corrected chi connectivity index (χ1v) is 7.09. The molecule has 0 saturated heterocycles. The lowest BCUT2D eigenvalue weighted by atomic mass is 10.1. The lowest BCUT2D eigenvalue weighted by molar-refractivity contribution is -0.118. The van der Waals surface area contributed by atoms with Crippen LogP contribution in [0.1, 0.15) is 23.6 Å². The van der Waals surface area contributed by atoms with E-state index in [0.29, 0.717) is 0 Å².